The van der Waals surface area contributed by atoms with Gasteiger partial charge in [-0.25, -0.2) is 4.98 Å². The molecule has 0 aliphatic heterocycles. The van der Waals surface area contributed by atoms with Crippen LogP contribution in [-0.2, 0) is 0 Å². The number of benzene rings is 1. The Balaban J connectivity index is 2.18. The zero-order valence-electron chi connectivity index (χ0n) is 10.6. The topological polar surface area (TPSA) is 54.0 Å². The fourth-order valence-corrected chi connectivity index (χ4v) is 2.52. The molecule has 2 rings (SSSR count). The van der Waals surface area contributed by atoms with Crippen molar-refractivity contribution in [1.82, 2.24) is 10.3 Å². The van der Waals surface area contributed by atoms with Crippen molar-refractivity contribution in [2.24, 2.45) is 0 Å². The van der Waals surface area contributed by atoms with E-state index in [4.69, 9.17) is 11.6 Å². The summed E-state index contributed by atoms with van der Waals surface area (Å²) >= 11 is 7.45. The first-order chi connectivity index (χ1) is 9.11. The molecule has 2 N–H and O–H groups in total. The highest BCUT2D eigenvalue weighted by molar-refractivity contribution is 7.09. The van der Waals surface area contributed by atoms with E-state index in [0.29, 0.717) is 10.6 Å². The molecule has 0 fully saturated rings. The molecule has 1 amide bonds. The molecule has 19 heavy (non-hydrogen) atoms. The van der Waals surface area contributed by atoms with Gasteiger partial charge in [-0.1, -0.05) is 11.6 Å². The number of amides is 1. The molecule has 6 heteroatoms. The van der Waals surface area contributed by atoms with Crippen LogP contribution in [0.3, 0.4) is 0 Å². The molecule has 1 aromatic carbocycles. The zero-order chi connectivity index (χ0) is 13.8. The van der Waals surface area contributed by atoms with E-state index >= 15 is 0 Å². The lowest BCUT2D eigenvalue weighted by Gasteiger charge is -2.14. The second-order valence-electron chi connectivity index (χ2n) is 4.01. The number of aromatic nitrogens is 1. The van der Waals surface area contributed by atoms with Crippen LogP contribution in [0.15, 0.2) is 29.8 Å². The Morgan fingerprint density at radius 1 is 1.47 bits per heavy atom. The number of rotatable bonds is 4. The number of hydrogen-bond donors (Lipinski definition) is 2. The Morgan fingerprint density at radius 3 is 2.89 bits per heavy atom. The fourth-order valence-electron chi connectivity index (χ4n) is 1.71. The number of carbonyl (C=O) groups is 1. The average molecular weight is 296 g/mol. The average Bonchev–Trinajstić information content (AvgIpc) is 2.92. The zero-order valence-corrected chi connectivity index (χ0v) is 12.2. The SMILES string of the molecule is CNc1ccc(Cl)cc1C(=O)NC(C)c1nccs1. The Labute approximate surface area is 120 Å². The standard InChI is InChI=1S/C13H14ClN3OS/c1-8(13-16-5-6-19-13)17-12(18)10-7-9(14)3-4-11(10)15-2/h3-8,15H,1-2H3,(H,17,18). The lowest BCUT2D eigenvalue weighted by molar-refractivity contribution is 0.0940. The molecule has 0 saturated heterocycles. The monoisotopic (exact) mass is 295 g/mol. The van der Waals surface area contributed by atoms with Gasteiger partial charge >= 0.3 is 0 Å². The van der Waals surface area contributed by atoms with E-state index in [2.05, 4.69) is 15.6 Å². The summed E-state index contributed by atoms with van der Waals surface area (Å²) in [5, 5.41) is 9.19. The number of nitrogens with zero attached hydrogens (tertiary/aromatic N) is 1. The first-order valence-corrected chi connectivity index (χ1v) is 7.05. The molecule has 1 heterocycles. The van der Waals surface area contributed by atoms with E-state index < -0.39 is 0 Å². The minimum Gasteiger partial charge on any atom is -0.387 e. The van der Waals surface area contributed by atoms with Gasteiger partial charge in [0, 0.05) is 29.3 Å². The number of halogens is 1. The normalized spacial score (nSPS) is 11.9. The maximum absolute atomic E-state index is 12.2. The van der Waals surface area contributed by atoms with Gasteiger partial charge in [0.05, 0.1) is 11.6 Å². The largest absolute Gasteiger partial charge is 0.387 e. The Kier molecular flexibility index (Phi) is 4.39. The van der Waals surface area contributed by atoms with Gasteiger partial charge in [-0.2, -0.15) is 0 Å². The van der Waals surface area contributed by atoms with Crippen LogP contribution in [-0.4, -0.2) is 17.9 Å². The molecule has 0 bridgehead atoms. The molecule has 1 unspecified atom stereocenters. The Morgan fingerprint density at radius 2 is 2.26 bits per heavy atom. The minimum absolute atomic E-state index is 0.129. The molecule has 100 valence electrons. The smallest absolute Gasteiger partial charge is 0.253 e. The summed E-state index contributed by atoms with van der Waals surface area (Å²) in [6, 6.07) is 5.05. The molecule has 0 aliphatic rings. The van der Waals surface area contributed by atoms with Gasteiger partial charge in [0.25, 0.3) is 5.91 Å². The van der Waals surface area contributed by atoms with Crippen molar-refractivity contribution in [3.05, 3.63) is 45.4 Å². The summed E-state index contributed by atoms with van der Waals surface area (Å²) in [4.78, 5) is 16.4. The van der Waals surface area contributed by atoms with Gasteiger partial charge in [-0.3, -0.25) is 4.79 Å². The van der Waals surface area contributed by atoms with Crippen LogP contribution in [0, 0.1) is 0 Å². The van der Waals surface area contributed by atoms with Crippen LogP contribution in [0.25, 0.3) is 0 Å². The van der Waals surface area contributed by atoms with Crippen molar-refractivity contribution >= 4 is 34.5 Å². The summed E-state index contributed by atoms with van der Waals surface area (Å²) < 4.78 is 0. The molecular weight excluding hydrogens is 282 g/mol. The first kappa shape index (κ1) is 13.8. The number of carbonyl (C=O) groups excluding carboxylic acids is 1. The first-order valence-electron chi connectivity index (χ1n) is 5.79. The summed E-state index contributed by atoms with van der Waals surface area (Å²) in [5.41, 5.74) is 1.27. The van der Waals surface area contributed by atoms with Crippen molar-refractivity contribution in [2.45, 2.75) is 13.0 Å². The maximum Gasteiger partial charge on any atom is 0.253 e. The molecule has 2 aromatic rings. The summed E-state index contributed by atoms with van der Waals surface area (Å²) in [7, 11) is 1.77. The van der Waals surface area contributed by atoms with Gasteiger partial charge in [-0.15, -0.1) is 11.3 Å². The van der Waals surface area contributed by atoms with Crippen LogP contribution in [0.2, 0.25) is 5.02 Å². The van der Waals surface area contributed by atoms with Gasteiger partial charge in [0.15, 0.2) is 0 Å². The third-order valence-electron chi connectivity index (χ3n) is 2.67. The molecule has 0 radical (unpaired) electrons. The van der Waals surface area contributed by atoms with Crippen molar-refractivity contribution in [3.8, 4) is 0 Å². The quantitative estimate of drug-likeness (QED) is 0.910. The van der Waals surface area contributed by atoms with Crippen molar-refractivity contribution in [2.75, 3.05) is 12.4 Å². The second-order valence-corrected chi connectivity index (χ2v) is 5.37. The fraction of sp³-hybridized carbons (Fsp3) is 0.231. The van der Waals surface area contributed by atoms with E-state index in [-0.39, 0.29) is 11.9 Å². The summed E-state index contributed by atoms with van der Waals surface area (Å²) in [5.74, 6) is -0.172. The van der Waals surface area contributed by atoms with E-state index in [1.165, 1.54) is 11.3 Å². The van der Waals surface area contributed by atoms with Crippen LogP contribution < -0.4 is 10.6 Å². The molecular formula is C13H14ClN3OS. The Hall–Kier alpha value is -1.59. The molecule has 1 aromatic heterocycles. The molecule has 0 saturated carbocycles. The highest BCUT2D eigenvalue weighted by atomic mass is 35.5. The van der Waals surface area contributed by atoms with Crippen molar-refractivity contribution < 1.29 is 4.79 Å². The van der Waals surface area contributed by atoms with Crippen LogP contribution >= 0.6 is 22.9 Å². The molecule has 4 nitrogen and oxygen atoms in total. The van der Waals surface area contributed by atoms with Crippen LogP contribution in [0.4, 0.5) is 5.69 Å². The lowest BCUT2D eigenvalue weighted by Crippen LogP contribution is -2.27. The predicted molar refractivity (Wildman–Crippen MR) is 79.0 cm³/mol. The van der Waals surface area contributed by atoms with Gasteiger partial charge in [0.1, 0.15) is 5.01 Å². The van der Waals surface area contributed by atoms with E-state index in [0.717, 1.165) is 10.7 Å². The predicted octanol–water partition coefficient (Wildman–Crippen LogP) is 3.33. The van der Waals surface area contributed by atoms with E-state index in [1.807, 2.05) is 12.3 Å². The van der Waals surface area contributed by atoms with Crippen molar-refractivity contribution in [1.29, 1.82) is 0 Å². The third-order valence-corrected chi connectivity index (χ3v) is 3.86. The Bertz CT molecular complexity index is 571. The van der Waals surface area contributed by atoms with E-state index in [9.17, 15) is 4.79 Å². The van der Waals surface area contributed by atoms with Crippen LogP contribution in [0.1, 0.15) is 28.3 Å². The minimum atomic E-state index is -0.172. The van der Waals surface area contributed by atoms with Gasteiger partial charge < -0.3 is 10.6 Å². The second kappa shape index (κ2) is 6.04. The molecule has 0 aliphatic carbocycles. The lowest BCUT2D eigenvalue weighted by atomic mass is 10.1. The third kappa shape index (κ3) is 3.24. The van der Waals surface area contributed by atoms with Gasteiger partial charge in [-0.05, 0) is 25.1 Å². The van der Waals surface area contributed by atoms with Crippen LogP contribution in [0.5, 0.6) is 0 Å². The number of anilines is 1. The highest BCUT2D eigenvalue weighted by Gasteiger charge is 2.16. The number of nitrogens with one attached hydrogen (secondary N) is 2. The molecule has 1 atom stereocenters. The number of hydrogen-bond acceptors (Lipinski definition) is 4. The summed E-state index contributed by atoms with van der Waals surface area (Å²) in [6.07, 6.45) is 1.72. The van der Waals surface area contributed by atoms with E-state index in [1.54, 1.807) is 31.4 Å². The van der Waals surface area contributed by atoms with Gasteiger partial charge in [0.2, 0.25) is 0 Å². The number of thiazole rings is 1. The highest BCUT2D eigenvalue weighted by Crippen LogP contribution is 2.22. The summed E-state index contributed by atoms with van der Waals surface area (Å²) in [6.45, 7) is 1.90. The maximum atomic E-state index is 12.2. The molecule has 0 spiro atoms. The van der Waals surface area contributed by atoms with Crippen molar-refractivity contribution in [3.63, 3.8) is 0 Å².